The Hall–Kier alpha value is -2.44. The molecule has 0 fully saturated rings. The standard InChI is InChI=1S/C19H17FN2O2S/c20-15-4-3-5-16(12-15)25(23,24)22-10-8-14(9-11-22)18-13-21-19-7-2-1-6-17(18)19/h1-8,12-13,21H,9-11H2. The topological polar surface area (TPSA) is 53.2 Å². The Morgan fingerprint density at radius 1 is 1.08 bits per heavy atom. The van der Waals surface area contributed by atoms with Gasteiger partial charge in [0.15, 0.2) is 0 Å². The molecule has 0 saturated heterocycles. The minimum atomic E-state index is -3.68. The fourth-order valence-electron chi connectivity index (χ4n) is 3.23. The van der Waals surface area contributed by atoms with Gasteiger partial charge in [-0.3, -0.25) is 0 Å². The van der Waals surface area contributed by atoms with Gasteiger partial charge in [0.1, 0.15) is 5.82 Å². The van der Waals surface area contributed by atoms with Gasteiger partial charge in [-0.25, -0.2) is 12.8 Å². The lowest BCUT2D eigenvalue weighted by atomic mass is 10.00. The molecule has 0 atom stereocenters. The van der Waals surface area contributed by atoms with Crippen LogP contribution >= 0.6 is 0 Å². The summed E-state index contributed by atoms with van der Waals surface area (Å²) < 4.78 is 40.1. The third-order valence-electron chi connectivity index (χ3n) is 4.54. The first-order valence-electron chi connectivity index (χ1n) is 8.07. The van der Waals surface area contributed by atoms with E-state index in [4.69, 9.17) is 0 Å². The van der Waals surface area contributed by atoms with E-state index in [-0.39, 0.29) is 11.4 Å². The van der Waals surface area contributed by atoms with E-state index >= 15 is 0 Å². The molecular formula is C19H17FN2O2S. The smallest absolute Gasteiger partial charge is 0.243 e. The number of nitrogens with zero attached hydrogens (tertiary/aromatic N) is 1. The van der Waals surface area contributed by atoms with Gasteiger partial charge in [0.2, 0.25) is 10.0 Å². The zero-order valence-electron chi connectivity index (χ0n) is 13.4. The molecule has 0 bridgehead atoms. The first-order valence-corrected chi connectivity index (χ1v) is 9.51. The Labute approximate surface area is 145 Å². The van der Waals surface area contributed by atoms with E-state index in [1.165, 1.54) is 22.5 Å². The molecule has 1 N–H and O–H groups in total. The Morgan fingerprint density at radius 2 is 1.92 bits per heavy atom. The number of hydrogen-bond donors (Lipinski definition) is 1. The molecule has 4 rings (SSSR count). The Morgan fingerprint density at radius 3 is 2.68 bits per heavy atom. The van der Waals surface area contributed by atoms with Gasteiger partial charge in [-0.2, -0.15) is 4.31 Å². The van der Waals surface area contributed by atoms with Crippen molar-refractivity contribution in [2.24, 2.45) is 0 Å². The van der Waals surface area contributed by atoms with Gasteiger partial charge in [0.05, 0.1) is 4.90 Å². The number of aromatic nitrogens is 1. The van der Waals surface area contributed by atoms with Crippen molar-refractivity contribution in [2.75, 3.05) is 13.1 Å². The van der Waals surface area contributed by atoms with E-state index in [0.717, 1.165) is 28.1 Å². The molecule has 0 unspecified atom stereocenters. The number of halogens is 1. The number of hydrogen-bond acceptors (Lipinski definition) is 2. The van der Waals surface area contributed by atoms with Crippen LogP contribution in [-0.2, 0) is 10.0 Å². The van der Waals surface area contributed by atoms with Gasteiger partial charge in [0.25, 0.3) is 0 Å². The highest BCUT2D eigenvalue weighted by Gasteiger charge is 2.27. The second-order valence-electron chi connectivity index (χ2n) is 6.05. The van der Waals surface area contributed by atoms with E-state index in [1.807, 2.05) is 30.5 Å². The number of H-pyrrole nitrogens is 1. The van der Waals surface area contributed by atoms with Crippen LogP contribution in [0.3, 0.4) is 0 Å². The summed E-state index contributed by atoms with van der Waals surface area (Å²) in [6.45, 7) is 0.665. The Balaban J connectivity index is 1.62. The summed E-state index contributed by atoms with van der Waals surface area (Å²) in [6, 6.07) is 13.2. The predicted molar refractivity (Wildman–Crippen MR) is 96.1 cm³/mol. The lowest BCUT2D eigenvalue weighted by molar-refractivity contribution is 0.440. The van der Waals surface area contributed by atoms with Gasteiger partial charge in [-0.05, 0) is 36.3 Å². The maximum Gasteiger partial charge on any atom is 0.243 e. The molecule has 4 nitrogen and oxygen atoms in total. The summed E-state index contributed by atoms with van der Waals surface area (Å²) in [7, 11) is -3.68. The molecule has 128 valence electrons. The van der Waals surface area contributed by atoms with Gasteiger partial charge < -0.3 is 4.98 Å². The van der Waals surface area contributed by atoms with Crippen LogP contribution in [-0.4, -0.2) is 30.8 Å². The number of fused-ring (bicyclic) bond motifs is 1. The molecule has 0 aliphatic carbocycles. The fraction of sp³-hybridized carbons (Fsp3) is 0.158. The van der Waals surface area contributed by atoms with E-state index in [0.29, 0.717) is 13.0 Å². The Bertz CT molecular complexity index is 1070. The molecule has 6 heteroatoms. The molecule has 3 aromatic rings. The maximum absolute atomic E-state index is 13.4. The molecule has 1 aromatic heterocycles. The molecule has 1 aliphatic rings. The fourth-order valence-corrected chi connectivity index (χ4v) is 4.64. The molecule has 0 saturated carbocycles. The van der Waals surface area contributed by atoms with Crippen LogP contribution in [0.4, 0.5) is 4.39 Å². The van der Waals surface area contributed by atoms with Crippen molar-refractivity contribution in [3.8, 4) is 0 Å². The number of para-hydroxylation sites is 1. The van der Waals surface area contributed by atoms with Crippen LogP contribution in [0.25, 0.3) is 16.5 Å². The summed E-state index contributed by atoms with van der Waals surface area (Å²) in [4.78, 5) is 3.24. The van der Waals surface area contributed by atoms with Crippen molar-refractivity contribution in [3.05, 3.63) is 72.2 Å². The maximum atomic E-state index is 13.4. The molecular weight excluding hydrogens is 339 g/mol. The minimum Gasteiger partial charge on any atom is -0.361 e. The van der Waals surface area contributed by atoms with Crippen molar-refractivity contribution in [3.63, 3.8) is 0 Å². The highest BCUT2D eigenvalue weighted by atomic mass is 32.2. The van der Waals surface area contributed by atoms with Crippen LogP contribution in [0, 0.1) is 5.82 Å². The molecule has 0 amide bonds. The predicted octanol–water partition coefficient (Wildman–Crippen LogP) is 3.79. The largest absolute Gasteiger partial charge is 0.361 e. The van der Waals surface area contributed by atoms with Gasteiger partial charge in [0, 0.05) is 35.8 Å². The average Bonchev–Trinajstić information content (AvgIpc) is 3.06. The van der Waals surface area contributed by atoms with Crippen molar-refractivity contribution < 1.29 is 12.8 Å². The van der Waals surface area contributed by atoms with Crippen molar-refractivity contribution >= 4 is 26.5 Å². The number of rotatable bonds is 3. The molecule has 2 aromatic carbocycles. The lowest BCUT2D eigenvalue weighted by Gasteiger charge is -2.25. The molecule has 0 radical (unpaired) electrons. The average molecular weight is 356 g/mol. The van der Waals surface area contributed by atoms with Crippen LogP contribution < -0.4 is 0 Å². The summed E-state index contributed by atoms with van der Waals surface area (Å²) in [5, 5.41) is 1.13. The second-order valence-corrected chi connectivity index (χ2v) is 7.99. The van der Waals surface area contributed by atoms with Crippen LogP contribution in [0.15, 0.2) is 65.7 Å². The first-order chi connectivity index (χ1) is 12.1. The van der Waals surface area contributed by atoms with Crippen LogP contribution in [0.1, 0.15) is 12.0 Å². The van der Waals surface area contributed by atoms with Crippen LogP contribution in [0.2, 0.25) is 0 Å². The quantitative estimate of drug-likeness (QED) is 0.776. The third kappa shape index (κ3) is 2.88. The molecule has 1 aliphatic heterocycles. The third-order valence-corrected chi connectivity index (χ3v) is 6.40. The number of nitrogens with one attached hydrogen (secondary N) is 1. The molecule has 0 spiro atoms. The van der Waals surface area contributed by atoms with E-state index in [1.54, 1.807) is 0 Å². The normalized spacial score (nSPS) is 16.1. The van der Waals surface area contributed by atoms with Crippen molar-refractivity contribution in [2.45, 2.75) is 11.3 Å². The summed E-state index contributed by atoms with van der Waals surface area (Å²) in [5.74, 6) is -0.548. The SMILES string of the molecule is O=S(=O)(c1cccc(F)c1)N1CC=C(c2c[nH]c3ccccc23)CC1. The zero-order chi connectivity index (χ0) is 17.4. The summed E-state index contributed by atoms with van der Waals surface area (Å²) >= 11 is 0. The zero-order valence-corrected chi connectivity index (χ0v) is 14.3. The van der Waals surface area contributed by atoms with Crippen molar-refractivity contribution in [1.82, 2.24) is 9.29 Å². The Kier molecular flexibility index (Phi) is 3.94. The van der Waals surface area contributed by atoms with Gasteiger partial charge in [-0.1, -0.05) is 30.3 Å². The second kappa shape index (κ2) is 6.13. The number of sulfonamides is 1. The molecule has 2 heterocycles. The summed E-state index contributed by atoms with van der Waals surface area (Å²) in [5.41, 5.74) is 3.30. The van der Waals surface area contributed by atoms with Crippen molar-refractivity contribution in [1.29, 1.82) is 0 Å². The first kappa shape index (κ1) is 16.1. The monoisotopic (exact) mass is 356 g/mol. The van der Waals surface area contributed by atoms with E-state index in [9.17, 15) is 12.8 Å². The highest BCUT2D eigenvalue weighted by Crippen LogP contribution is 2.30. The number of aromatic amines is 1. The highest BCUT2D eigenvalue weighted by molar-refractivity contribution is 7.89. The van der Waals surface area contributed by atoms with E-state index in [2.05, 4.69) is 11.1 Å². The minimum absolute atomic E-state index is 0.00329. The van der Waals surface area contributed by atoms with E-state index < -0.39 is 15.8 Å². The number of benzene rings is 2. The molecule has 25 heavy (non-hydrogen) atoms. The van der Waals surface area contributed by atoms with Gasteiger partial charge >= 0.3 is 0 Å². The van der Waals surface area contributed by atoms with Crippen LogP contribution in [0.5, 0.6) is 0 Å². The lowest BCUT2D eigenvalue weighted by Crippen LogP contribution is -2.34. The summed E-state index contributed by atoms with van der Waals surface area (Å²) in [6.07, 6.45) is 4.53. The van der Waals surface area contributed by atoms with Gasteiger partial charge in [-0.15, -0.1) is 0 Å².